The minimum absolute atomic E-state index is 0.166. The molecule has 0 saturated carbocycles. The zero-order chi connectivity index (χ0) is 10.6. The highest BCUT2D eigenvalue weighted by Gasteiger charge is 2.08. The van der Waals surface area contributed by atoms with E-state index in [9.17, 15) is 4.39 Å². The number of rotatable bonds is 3. The quantitative estimate of drug-likeness (QED) is 0.757. The predicted octanol–water partition coefficient (Wildman–Crippen LogP) is 1.20. The van der Waals surface area contributed by atoms with E-state index in [-0.39, 0.29) is 18.8 Å². The van der Waals surface area contributed by atoms with E-state index in [0.29, 0.717) is 11.1 Å². The number of halogens is 1. The van der Waals surface area contributed by atoms with E-state index in [0.717, 1.165) is 0 Å². The van der Waals surface area contributed by atoms with Gasteiger partial charge in [-0.05, 0) is 11.6 Å². The number of nitriles is 1. The van der Waals surface area contributed by atoms with Gasteiger partial charge in [0.1, 0.15) is 5.82 Å². The van der Waals surface area contributed by atoms with E-state index < -0.39 is 6.04 Å². The Balaban J connectivity index is 2.92. The largest absolute Gasteiger partial charge is 0.326 e. The highest BCUT2D eigenvalue weighted by atomic mass is 19.1. The maximum Gasteiger partial charge on any atom is 0.128 e. The van der Waals surface area contributed by atoms with Crippen LogP contribution in [0.15, 0.2) is 18.2 Å². The third-order valence-corrected chi connectivity index (χ3v) is 2.04. The van der Waals surface area contributed by atoms with Crippen molar-refractivity contribution in [2.24, 2.45) is 11.5 Å². The molecule has 1 rings (SSSR count). The van der Waals surface area contributed by atoms with Gasteiger partial charge < -0.3 is 11.5 Å². The van der Waals surface area contributed by atoms with Crippen molar-refractivity contribution in [3.8, 4) is 6.07 Å². The summed E-state index contributed by atoms with van der Waals surface area (Å²) in [6.07, 6.45) is 0.182. The minimum Gasteiger partial charge on any atom is -0.326 e. The lowest BCUT2D eigenvalue weighted by molar-refractivity contribution is 0.603. The molecule has 1 aromatic rings. The Labute approximate surface area is 82.1 Å². The summed E-state index contributed by atoms with van der Waals surface area (Å²) in [5, 5.41) is 8.42. The topological polar surface area (TPSA) is 75.8 Å². The van der Waals surface area contributed by atoms with Crippen LogP contribution in [0.2, 0.25) is 0 Å². The van der Waals surface area contributed by atoms with Gasteiger partial charge in [0.25, 0.3) is 0 Å². The second-order valence-electron chi connectivity index (χ2n) is 3.02. The molecule has 0 bridgehead atoms. The summed E-state index contributed by atoms with van der Waals surface area (Å²) in [4.78, 5) is 0. The molecular formula is C10H12FN3. The van der Waals surface area contributed by atoms with Crippen LogP contribution in [0.4, 0.5) is 4.39 Å². The zero-order valence-corrected chi connectivity index (χ0v) is 7.70. The molecule has 74 valence electrons. The van der Waals surface area contributed by atoms with Crippen molar-refractivity contribution in [2.45, 2.75) is 19.0 Å². The highest BCUT2D eigenvalue weighted by Crippen LogP contribution is 2.17. The van der Waals surface area contributed by atoms with E-state index >= 15 is 0 Å². The molecule has 1 atom stereocenters. The van der Waals surface area contributed by atoms with E-state index in [2.05, 4.69) is 0 Å². The number of nitrogens with two attached hydrogens (primary N) is 2. The third-order valence-electron chi connectivity index (χ3n) is 2.04. The van der Waals surface area contributed by atoms with E-state index in [4.69, 9.17) is 16.7 Å². The van der Waals surface area contributed by atoms with Gasteiger partial charge in [-0.15, -0.1) is 0 Å². The fourth-order valence-corrected chi connectivity index (χ4v) is 1.18. The molecule has 4 N–H and O–H groups in total. The van der Waals surface area contributed by atoms with E-state index in [1.165, 1.54) is 6.07 Å². The van der Waals surface area contributed by atoms with Gasteiger partial charge >= 0.3 is 0 Å². The van der Waals surface area contributed by atoms with Crippen LogP contribution in [0, 0.1) is 17.1 Å². The molecule has 0 fully saturated rings. The fourth-order valence-electron chi connectivity index (χ4n) is 1.18. The van der Waals surface area contributed by atoms with Gasteiger partial charge in [-0.2, -0.15) is 5.26 Å². The summed E-state index contributed by atoms with van der Waals surface area (Å²) in [5.41, 5.74) is 12.0. The van der Waals surface area contributed by atoms with Crippen molar-refractivity contribution >= 4 is 0 Å². The van der Waals surface area contributed by atoms with Crippen molar-refractivity contribution in [3.05, 3.63) is 35.1 Å². The molecule has 0 aliphatic carbocycles. The molecule has 0 aromatic heterocycles. The number of hydrogen-bond acceptors (Lipinski definition) is 3. The van der Waals surface area contributed by atoms with Gasteiger partial charge in [-0.1, -0.05) is 12.1 Å². The second kappa shape index (κ2) is 4.70. The molecule has 1 aromatic carbocycles. The number of nitrogens with zero attached hydrogens (tertiary/aromatic N) is 1. The Morgan fingerprint density at radius 2 is 2.21 bits per heavy atom. The second-order valence-corrected chi connectivity index (χ2v) is 3.02. The minimum atomic E-state index is -0.429. The molecule has 0 radical (unpaired) electrons. The first kappa shape index (κ1) is 10.6. The Morgan fingerprint density at radius 1 is 1.50 bits per heavy atom. The molecule has 0 amide bonds. The van der Waals surface area contributed by atoms with E-state index in [1.807, 2.05) is 6.07 Å². The summed E-state index contributed by atoms with van der Waals surface area (Å²) >= 11 is 0. The lowest BCUT2D eigenvalue weighted by Gasteiger charge is -2.09. The SMILES string of the molecule is N#CC[C@H](N)c1ccc(CN)c(F)c1. The molecule has 3 nitrogen and oxygen atoms in total. The van der Waals surface area contributed by atoms with E-state index in [1.54, 1.807) is 12.1 Å². The molecule has 0 spiro atoms. The zero-order valence-electron chi connectivity index (χ0n) is 7.70. The first-order valence-electron chi connectivity index (χ1n) is 4.30. The van der Waals surface area contributed by atoms with Crippen molar-refractivity contribution < 1.29 is 4.39 Å². The molecule has 0 aliphatic heterocycles. The molecule has 4 heteroatoms. The summed E-state index contributed by atoms with van der Waals surface area (Å²) < 4.78 is 13.2. The van der Waals surface area contributed by atoms with Crippen molar-refractivity contribution in [2.75, 3.05) is 0 Å². The summed E-state index contributed by atoms with van der Waals surface area (Å²) in [6.45, 7) is 0.166. The van der Waals surface area contributed by atoms with Crippen molar-refractivity contribution in [1.29, 1.82) is 5.26 Å². The van der Waals surface area contributed by atoms with Crippen LogP contribution in [0.3, 0.4) is 0 Å². The monoisotopic (exact) mass is 193 g/mol. The lowest BCUT2D eigenvalue weighted by atomic mass is 10.0. The molecule has 0 aliphatic rings. The predicted molar refractivity (Wildman–Crippen MR) is 51.4 cm³/mol. The Hall–Kier alpha value is -1.44. The number of hydrogen-bond donors (Lipinski definition) is 2. The van der Waals surface area contributed by atoms with Crippen LogP contribution in [0.5, 0.6) is 0 Å². The van der Waals surface area contributed by atoms with Gasteiger partial charge in [0.05, 0.1) is 12.5 Å². The summed E-state index contributed by atoms with van der Waals surface area (Å²) in [6, 6.07) is 6.15. The Morgan fingerprint density at radius 3 is 2.71 bits per heavy atom. The van der Waals surface area contributed by atoms with Crippen LogP contribution in [0.25, 0.3) is 0 Å². The van der Waals surface area contributed by atoms with Crippen LogP contribution in [-0.2, 0) is 6.54 Å². The fraction of sp³-hybridized carbons (Fsp3) is 0.300. The standard InChI is InChI=1S/C10H12FN3/c11-9-5-7(10(14)3-4-12)1-2-8(9)6-13/h1-2,5,10H,3,6,13-14H2/t10-/m0/s1. The smallest absolute Gasteiger partial charge is 0.128 e. The Bertz CT molecular complexity index is 357. The van der Waals surface area contributed by atoms with Gasteiger partial charge in [0, 0.05) is 18.2 Å². The Kier molecular flexibility index (Phi) is 3.57. The number of benzene rings is 1. The van der Waals surface area contributed by atoms with Gasteiger partial charge in [0.15, 0.2) is 0 Å². The highest BCUT2D eigenvalue weighted by molar-refractivity contribution is 5.26. The van der Waals surface area contributed by atoms with Gasteiger partial charge in [0.2, 0.25) is 0 Å². The first-order chi connectivity index (χ1) is 6.69. The van der Waals surface area contributed by atoms with Crippen LogP contribution < -0.4 is 11.5 Å². The maximum atomic E-state index is 13.2. The van der Waals surface area contributed by atoms with Crippen molar-refractivity contribution in [1.82, 2.24) is 0 Å². The summed E-state index contributed by atoms with van der Waals surface area (Å²) in [7, 11) is 0. The molecule has 14 heavy (non-hydrogen) atoms. The molecule has 0 heterocycles. The average molecular weight is 193 g/mol. The molecule has 0 unspecified atom stereocenters. The lowest BCUT2D eigenvalue weighted by Crippen LogP contribution is -2.10. The first-order valence-corrected chi connectivity index (χ1v) is 4.30. The third kappa shape index (κ3) is 2.28. The maximum absolute atomic E-state index is 13.2. The van der Waals surface area contributed by atoms with Crippen LogP contribution >= 0.6 is 0 Å². The molecule has 0 saturated heterocycles. The van der Waals surface area contributed by atoms with Gasteiger partial charge in [-0.25, -0.2) is 4.39 Å². The average Bonchev–Trinajstić information content (AvgIpc) is 2.18. The normalized spacial score (nSPS) is 12.1. The van der Waals surface area contributed by atoms with Crippen LogP contribution in [0.1, 0.15) is 23.6 Å². The summed E-state index contributed by atoms with van der Waals surface area (Å²) in [5.74, 6) is -0.363. The van der Waals surface area contributed by atoms with Crippen LogP contribution in [-0.4, -0.2) is 0 Å². The van der Waals surface area contributed by atoms with Crippen molar-refractivity contribution in [3.63, 3.8) is 0 Å². The molecular weight excluding hydrogens is 181 g/mol. The van der Waals surface area contributed by atoms with Gasteiger partial charge in [-0.3, -0.25) is 0 Å².